The van der Waals surface area contributed by atoms with E-state index in [1.54, 1.807) is 11.3 Å². The summed E-state index contributed by atoms with van der Waals surface area (Å²) in [5.74, 6) is 0.636. The molecule has 0 spiro atoms. The van der Waals surface area contributed by atoms with Crippen LogP contribution in [0.2, 0.25) is 0 Å². The van der Waals surface area contributed by atoms with E-state index in [9.17, 15) is 0 Å². The molecule has 0 atom stereocenters. The van der Waals surface area contributed by atoms with Gasteiger partial charge in [-0.05, 0) is 18.4 Å². The van der Waals surface area contributed by atoms with Crippen molar-refractivity contribution in [2.45, 2.75) is 6.92 Å². The third kappa shape index (κ3) is 1.70. The van der Waals surface area contributed by atoms with E-state index in [4.69, 9.17) is 4.52 Å². The minimum atomic E-state index is 0.476. The van der Waals surface area contributed by atoms with Crippen LogP contribution in [0.15, 0.2) is 21.3 Å². The Morgan fingerprint density at radius 3 is 3.23 bits per heavy atom. The summed E-state index contributed by atoms with van der Waals surface area (Å²) < 4.78 is 4.96. The number of thiophene rings is 1. The fraction of sp³-hybridized carbons (Fsp3) is 0.250. The summed E-state index contributed by atoms with van der Waals surface area (Å²) in [6.07, 6.45) is 0. The van der Waals surface area contributed by atoms with Gasteiger partial charge in [0.25, 0.3) is 0 Å². The molecule has 0 radical (unpaired) electrons. The summed E-state index contributed by atoms with van der Waals surface area (Å²) in [5.41, 5.74) is 0.998. The van der Waals surface area contributed by atoms with Crippen LogP contribution in [0, 0.1) is 0 Å². The van der Waals surface area contributed by atoms with Crippen LogP contribution >= 0.6 is 11.3 Å². The van der Waals surface area contributed by atoms with Crippen molar-refractivity contribution in [3.05, 3.63) is 16.8 Å². The van der Waals surface area contributed by atoms with Crippen molar-refractivity contribution in [1.82, 2.24) is 10.1 Å². The highest BCUT2D eigenvalue weighted by molar-refractivity contribution is 7.08. The number of rotatable bonds is 3. The summed E-state index contributed by atoms with van der Waals surface area (Å²) in [6, 6.07) is 2.44. The Hall–Kier alpha value is -1.36. The highest BCUT2D eigenvalue weighted by Crippen LogP contribution is 2.19. The Morgan fingerprint density at radius 1 is 1.62 bits per heavy atom. The van der Waals surface area contributed by atoms with Crippen molar-refractivity contribution in [2.75, 3.05) is 11.9 Å². The molecule has 5 heteroatoms. The zero-order valence-electron chi connectivity index (χ0n) is 7.15. The largest absolute Gasteiger partial charge is 0.338 e. The van der Waals surface area contributed by atoms with Gasteiger partial charge in [-0.3, -0.25) is 0 Å². The van der Waals surface area contributed by atoms with Gasteiger partial charge in [-0.25, -0.2) is 0 Å². The van der Waals surface area contributed by atoms with Crippen LogP contribution in [-0.4, -0.2) is 16.7 Å². The fourth-order valence-electron chi connectivity index (χ4n) is 0.955. The summed E-state index contributed by atoms with van der Waals surface area (Å²) in [7, 11) is 0. The maximum Gasteiger partial charge on any atom is 0.321 e. The van der Waals surface area contributed by atoms with Gasteiger partial charge in [-0.1, -0.05) is 5.16 Å². The average molecular weight is 195 g/mol. The van der Waals surface area contributed by atoms with E-state index in [0.29, 0.717) is 11.8 Å². The molecule has 0 aliphatic heterocycles. The van der Waals surface area contributed by atoms with Gasteiger partial charge in [0.15, 0.2) is 0 Å². The van der Waals surface area contributed by atoms with E-state index in [0.717, 1.165) is 12.1 Å². The van der Waals surface area contributed by atoms with Crippen molar-refractivity contribution in [3.63, 3.8) is 0 Å². The molecule has 2 aromatic heterocycles. The SMILES string of the molecule is CCNc1nc(-c2ccsc2)no1. The standard InChI is InChI=1S/C8H9N3OS/c1-2-9-8-10-7(11-12-8)6-3-4-13-5-6/h3-5H,2H2,1H3,(H,9,10,11). The molecule has 1 N–H and O–H groups in total. The Kier molecular flexibility index (Phi) is 2.27. The van der Waals surface area contributed by atoms with Crippen molar-refractivity contribution in [3.8, 4) is 11.4 Å². The second kappa shape index (κ2) is 3.57. The normalized spacial score (nSPS) is 10.2. The van der Waals surface area contributed by atoms with Crippen LogP contribution in [0.4, 0.5) is 6.01 Å². The highest BCUT2D eigenvalue weighted by Gasteiger charge is 2.06. The van der Waals surface area contributed by atoms with Crippen molar-refractivity contribution >= 4 is 17.4 Å². The Bertz CT molecular complexity index is 368. The minimum Gasteiger partial charge on any atom is -0.338 e. The Labute approximate surface area is 79.6 Å². The Balaban J connectivity index is 2.23. The van der Waals surface area contributed by atoms with Crippen LogP contribution in [0.3, 0.4) is 0 Å². The first-order valence-corrected chi connectivity index (χ1v) is 4.94. The highest BCUT2D eigenvalue weighted by atomic mass is 32.1. The number of nitrogens with one attached hydrogen (secondary N) is 1. The predicted octanol–water partition coefficient (Wildman–Crippen LogP) is 2.23. The summed E-state index contributed by atoms with van der Waals surface area (Å²) in [5, 5.41) is 10.8. The van der Waals surface area contributed by atoms with Crippen molar-refractivity contribution < 1.29 is 4.52 Å². The molecule has 0 saturated heterocycles. The number of aromatic nitrogens is 2. The van der Waals surface area contributed by atoms with Gasteiger partial charge in [0.2, 0.25) is 5.82 Å². The van der Waals surface area contributed by atoms with E-state index in [-0.39, 0.29) is 0 Å². The van der Waals surface area contributed by atoms with Gasteiger partial charge in [0.05, 0.1) is 0 Å². The van der Waals surface area contributed by atoms with Crippen LogP contribution in [0.1, 0.15) is 6.92 Å². The van der Waals surface area contributed by atoms with Crippen LogP contribution in [0.25, 0.3) is 11.4 Å². The zero-order valence-corrected chi connectivity index (χ0v) is 7.97. The monoisotopic (exact) mass is 195 g/mol. The average Bonchev–Trinajstić information content (AvgIpc) is 2.70. The molecule has 68 valence electrons. The smallest absolute Gasteiger partial charge is 0.321 e. The van der Waals surface area contributed by atoms with E-state index in [2.05, 4.69) is 15.5 Å². The molecule has 0 bridgehead atoms. The molecule has 0 unspecified atom stereocenters. The molecule has 0 aliphatic rings. The number of nitrogens with zero attached hydrogens (tertiary/aromatic N) is 2. The van der Waals surface area contributed by atoms with Gasteiger partial charge >= 0.3 is 6.01 Å². The van der Waals surface area contributed by atoms with Gasteiger partial charge < -0.3 is 9.84 Å². The fourth-order valence-corrected chi connectivity index (χ4v) is 1.59. The van der Waals surface area contributed by atoms with Crippen molar-refractivity contribution in [2.24, 2.45) is 0 Å². The van der Waals surface area contributed by atoms with Gasteiger partial charge in [-0.2, -0.15) is 16.3 Å². The maximum absolute atomic E-state index is 4.96. The first kappa shape index (κ1) is 8.25. The number of hydrogen-bond acceptors (Lipinski definition) is 5. The molecule has 0 saturated carbocycles. The van der Waals surface area contributed by atoms with E-state index in [1.165, 1.54) is 0 Å². The topological polar surface area (TPSA) is 51.0 Å². The lowest BCUT2D eigenvalue weighted by molar-refractivity contribution is 0.432. The van der Waals surface area contributed by atoms with Gasteiger partial charge in [-0.15, -0.1) is 0 Å². The zero-order chi connectivity index (χ0) is 9.10. The molecular weight excluding hydrogens is 186 g/mol. The molecule has 4 nitrogen and oxygen atoms in total. The first-order valence-electron chi connectivity index (χ1n) is 4.00. The third-order valence-electron chi connectivity index (χ3n) is 1.53. The second-order valence-corrected chi connectivity index (χ2v) is 3.25. The number of hydrogen-bond donors (Lipinski definition) is 1. The molecule has 0 fully saturated rings. The van der Waals surface area contributed by atoms with E-state index >= 15 is 0 Å². The lowest BCUT2D eigenvalue weighted by Gasteiger charge is -1.89. The lowest BCUT2D eigenvalue weighted by atomic mass is 10.3. The summed E-state index contributed by atoms with van der Waals surface area (Å²) >= 11 is 1.61. The molecule has 2 heterocycles. The van der Waals surface area contributed by atoms with E-state index < -0.39 is 0 Å². The minimum absolute atomic E-state index is 0.476. The van der Waals surface area contributed by atoms with Crippen LogP contribution < -0.4 is 5.32 Å². The third-order valence-corrected chi connectivity index (χ3v) is 2.22. The lowest BCUT2D eigenvalue weighted by Crippen LogP contribution is -1.95. The molecule has 2 rings (SSSR count). The molecular formula is C8H9N3OS. The van der Waals surface area contributed by atoms with Crippen LogP contribution in [0.5, 0.6) is 0 Å². The maximum atomic E-state index is 4.96. The quantitative estimate of drug-likeness (QED) is 0.816. The second-order valence-electron chi connectivity index (χ2n) is 2.47. The van der Waals surface area contributed by atoms with Crippen molar-refractivity contribution in [1.29, 1.82) is 0 Å². The van der Waals surface area contributed by atoms with E-state index in [1.807, 2.05) is 23.8 Å². The first-order chi connectivity index (χ1) is 6.40. The number of anilines is 1. The predicted molar refractivity (Wildman–Crippen MR) is 51.8 cm³/mol. The molecule has 0 amide bonds. The molecule has 13 heavy (non-hydrogen) atoms. The molecule has 0 aromatic carbocycles. The van der Waals surface area contributed by atoms with Gasteiger partial charge in [0.1, 0.15) is 0 Å². The Morgan fingerprint density at radius 2 is 2.54 bits per heavy atom. The van der Waals surface area contributed by atoms with Gasteiger partial charge in [0, 0.05) is 17.5 Å². The van der Waals surface area contributed by atoms with Crippen LogP contribution in [-0.2, 0) is 0 Å². The summed E-state index contributed by atoms with van der Waals surface area (Å²) in [6.45, 7) is 2.76. The summed E-state index contributed by atoms with van der Waals surface area (Å²) in [4.78, 5) is 4.16. The molecule has 0 aliphatic carbocycles. The molecule has 2 aromatic rings.